The molecule has 0 radical (unpaired) electrons. The molecule has 0 saturated heterocycles. The fourth-order valence-electron chi connectivity index (χ4n) is 0.0745. The van der Waals surface area contributed by atoms with Gasteiger partial charge in [-0.3, -0.25) is 0 Å². The molecule has 0 unspecified atom stereocenters. The number of terminal acetylenes is 1. The molecule has 1 heteroatoms. The molecule has 0 N–H and O–H groups in total. The van der Waals surface area contributed by atoms with Crippen LogP contribution in [0.3, 0.4) is 0 Å². The first-order chi connectivity index (χ1) is 2.91. The zero-order valence-electron chi connectivity index (χ0n) is 3.46. The van der Waals surface area contributed by atoms with Crippen LogP contribution in [0.2, 0.25) is 0 Å². The van der Waals surface area contributed by atoms with Crippen LogP contribution < -0.4 is 21.2 Å². The van der Waals surface area contributed by atoms with Gasteiger partial charge >= 0.3 is 48.3 Å². The van der Waals surface area contributed by atoms with Crippen molar-refractivity contribution in [1.29, 1.82) is 0 Å². The summed E-state index contributed by atoms with van der Waals surface area (Å²) in [4.78, 5) is 0. The van der Waals surface area contributed by atoms with Crippen LogP contribution in [0.15, 0.2) is 0 Å². The Kier molecular flexibility index (Phi) is 4.73. The van der Waals surface area contributed by atoms with Crippen molar-refractivity contribution < 1.29 is 21.2 Å². The molecule has 0 aromatic heterocycles. The van der Waals surface area contributed by atoms with Crippen LogP contribution in [0.5, 0.6) is 0 Å². The minimum absolute atomic E-state index is 0.205. The Morgan fingerprint density at radius 1 is 1.67 bits per heavy atom. The standard InChI is InChI=1S/C5H4I/c1-3-5-6-4-2/h2H,1H3/q-1. The van der Waals surface area contributed by atoms with Crippen molar-refractivity contribution >= 4 is 0 Å². The van der Waals surface area contributed by atoms with Crippen molar-refractivity contribution in [3.05, 3.63) is 0 Å². The first-order valence-corrected chi connectivity index (χ1v) is 3.57. The summed E-state index contributed by atoms with van der Waals surface area (Å²) < 4.78 is 5.33. The fourth-order valence-corrected chi connectivity index (χ4v) is 0.500. The summed E-state index contributed by atoms with van der Waals surface area (Å²) in [7, 11) is 0. The van der Waals surface area contributed by atoms with E-state index in [4.69, 9.17) is 6.42 Å². The second kappa shape index (κ2) is 4.85. The van der Waals surface area contributed by atoms with Gasteiger partial charge in [-0.2, -0.15) is 0 Å². The summed E-state index contributed by atoms with van der Waals surface area (Å²) in [6.45, 7) is 1.80. The first-order valence-electron chi connectivity index (χ1n) is 1.42. The number of hydrogen-bond donors (Lipinski definition) is 0. The molecule has 0 aliphatic heterocycles. The van der Waals surface area contributed by atoms with Crippen LogP contribution in [0.1, 0.15) is 6.92 Å². The molecule has 0 bridgehead atoms. The Morgan fingerprint density at radius 3 is 2.50 bits per heavy atom. The van der Waals surface area contributed by atoms with Crippen molar-refractivity contribution in [2.75, 3.05) is 0 Å². The van der Waals surface area contributed by atoms with Gasteiger partial charge in [0.1, 0.15) is 0 Å². The van der Waals surface area contributed by atoms with Crippen molar-refractivity contribution in [1.82, 2.24) is 0 Å². The number of rotatable bonds is 0. The van der Waals surface area contributed by atoms with Gasteiger partial charge in [0.15, 0.2) is 0 Å². The molecule has 32 valence electrons. The minimum atomic E-state index is -0.205. The molecule has 6 heavy (non-hydrogen) atoms. The van der Waals surface area contributed by atoms with Crippen LogP contribution in [-0.4, -0.2) is 0 Å². The van der Waals surface area contributed by atoms with Crippen LogP contribution in [0.25, 0.3) is 0 Å². The topological polar surface area (TPSA) is 0 Å². The van der Waals surface area contributed by atoms with Crippen molar-refractivity contribution in [2.45, 2.75) is 6.92 Å². The molecule has 0 heterocycles. The molecular weight excluding hydrogens is 187 g/mol. The Bertz CT molecular complexity index is 108. The van der Waals surface area contributed by atoms with Gasteiger partial charge in [0, 0.05) is 0 Å². The molecule has 0 saturated carbocycles. The predicted octanol–water partition coefficient (Wildman–Crippen LogP) is -2.35. The molecule has 0 atom stereocenters. The Balaban J connectivity index is 3.07. The quantitative estimate of drug-likeness (QED) is 0.297. The molecule has 0 aromatic carbocycles. The van der Waals surface area contributed by atoms with Gasteiger partial charge in [-0.05, 0) is 0 Å². The van der Waals surface area contributed by atoms with E-state index in [1.807, 2.05) is 0 Å². The SMILES string of the molecule is C#C[I-]C#CC. The van der Waals surface area contributed by atoms with E-state index < -0.39 is 0 Å². The third-order valence-electron chi connectivity index (χ3n) is 0.196. The maximum absolute atomic E-state index is 4.91. The summed E-state index contributed by atoms with van der Waals surface area (Å²) >= 11 is -0.205. The normalized spacial score (nSPS) is 5.33. The summed E-state index contributed by atoms with van der Waals surface area (Å²) in [5.74, 6) is 2.72. The van der Waals surface area contributed by atoms with Gasteiger partial charge in [-0.1, -0.05) is 0 Å². The van der Waals surface area contributed by atoms with E-state index in [9.17, 15) is 0 Å². The average molecular weight is 191 g/mol. The van der Waals surface area contributed by atoms with E-state index in [1.54, 1.807) is 6.92 Å². The van der Waals surface area contributed by atoms with E-state index in [0.29, 0.717) is 0 Å². The molecule has 0 aliphatic carbocycles. The van der Waals surface area contributed by atoms with Gasteiger partial charge in [-0.25, -0.2) is 0 Å². The second-order valence-corrected chi connectivity index (χ2v) is 2.25. The Hall–Kier alpha value is -0.150. The van der Waals surface area contributed by atoms with Gasteiger partial charge in [-0.15, -0.1) is 0 Å². The van der Waals surface area contributed by atoms with Crippen molar-refractivity contribution in [3.8, 4) is 20.2 Å². The Labute approximate surface area is 48.6 Å². The van der Waals surface area contributed by atoms with Crippen LogP contribution in [0, 0.1) is 20.2 Å². The zero-order chi connectivity index (χ0) is 4.83. The van der Waals surface area contributed by atoms with Crippen LogP contribution >= 0.6 is 0 Å². The van der Waals surface area contributed by atoms with Gasteiger partial charge in [0.25, 0.3) is 0 Å². The van der Waals surface area contributed by atoms with Gasteiger partial charge < -0.3 is 0 Å². The van der Waals surface area contributed by atoms with Crippen molar-refractivity contribution in [3.63, 3.8) is 0 Å². The third-order valence-corrected chi connectivity index (χ3v) is 1.32. The van der Waals surface area contributed by atoms with Crippen LogP contribution in [0.4, 0.5) is 0 Å². The van der Waals surface area contributed by atoms with E-state index in [-0.39, 0.29) is 21.2 Å². The molecule has 0 nitrogen and oxygen atoms in total. The monoisotopic (exact) mass is 191 g/mol. The van der Waals surface area contributed by atoms with E-state index in [2.05, 4.69) is 13.8 Å². The van der Waals surface area contributed by atoms with E-state index in [0.717, 1.165) is 0 Å². The maximum atomic E-state index is 4.91. The predicted molar refractivity (Wildman–Crippen MR) is 22.3 cm³/mol. The molecule has 0 amide bonds. The first kappa shape index (κ1) is 5.85. The average Bonchev–Trinajstić information content (AvgIpc) is 1.61. The van der Waals surface area contributed by atoms with Gasteiger partial charge in [0.05, 0.1) is 0 Å². The van der Waals surface area contributed by atoms with Crippen molar-refractivity contribution in [2.24, 2.45) is 0 Å². The molecule has 0 aliphatic rings. The molecule has 0 rings (SSSR count). The van der Waals surface area contributed by atoms with E-state index in [1.165, 1.54) is 0 Å². The summed E-state index contributed by atoms with van der Waals surface area (Å²) in [5.41, 5.74) is 0. The van der Waals surface area contributed by atoms with E-state index >= 15 is 0 Å². The zero-order valence-corrected chi connectivity index (χ0v) is 5.61. The summed E-state index contributed by atoms with van der Waals surface area (Å²) in [6.07, 6.45) is 4.91. The number of halogens is 1. The number of hydrogen-bond acceptors (Lipinski definition) is 0. The molecule has 0 fully saturated rings. The second-order valence-electron chi connectivity index (χ2n) is 0.548. The molecule has 0 aromatic rings. The fraction of sp³-hybridized carbons (Fsp3) is 0.200. The van der Waals surface area contributed by atoms with Crippen LogP contribution in [-0.2, 0) is 0 Å². The summed E-state index contributed by atoms with van der Waals surface area (Å²) in [6, 6.07) is 0. The summed E-state index contributed by atoms with van der Waals surface area (Å²) in [5, 5.41) is 0. The third kappa shape index (κ3) is 3.85. The van der Waals surface area contributed by atoms with Gasteiger partial charge in [0.2, 0.25) is 0 Å². The molecular formula is C5H4I-. The molecule has 0 spiro atoms. The Morgan fingerprint density at radius 2 is 2.33 bits per heavy atom.